The molecule has 2 amide bonds. The molecule has 2 aromatic carbocycles. The molecule has 0 unspecified atom stereocenters. The molecular formula is C26H27N3O4. The molecule has 33 heavy (non-hydrogen) atoms. The van der Waals surface area contributed by atoms with Crippen LogP contribution in [0.4, 0.5) is 5.69 Å². The second-order valence-corrected chi connectivity index (χ2v) is 7.89. The molecule has 1 aromatic heterocycles. The van der Waals surface area contributed by atoms with E-state index in [4.69, 9.17) is 9.47 Å². The number of aromatic nitrogens is 1. The van der Waals surface area contributed by atoms with Crippen molar-refractivity contribution < 1.29 is 19.1 Å². The second-order valence-electron chi connectivity index (χ2n) is 7.89. The number of rotatable bonds is 10. The minimum absolute atomic E-state index is 0.0610. The van der Waals surface area contributed by atoms with Crippen molar-refractivity contribution in [2.45, 2.75) is 32.9 Å². The topological polar surface area (TPSA) is 89.6 Å². The monoisotopic (exact) mass is 445 g/mol. The van der Waals surface area contributed by atoms with Gasteiger partial charge in [0.1, 0.15) is 6.61 Å². The first-order chi connectivity index (χ1) is 16.1. The highest BCUT2D eigenvalue weighted by Crippen LogP contribution is 2.31. The summed E-state index contributed by atoms with van der Waals surface area (Å²) in [6, 6.07) is 16.4. The second kappa shape index (κ2) is 10.6. The number of benzene rings is 2. The zero-order valence-corrected chi connectivity index (χ0v) is 18.5. The van der Waals surface area contributed by atoms with Crippen molar-refractivity contribution in [2.75, 3.05) is 11.9 Å². The summed E-state index contributed by atoms with van der Waals surface area (Å²) in [4.78, 5) is 28.7. The Bertz CT molecular complexity index is 1110. The van der Waals surface area contributed by atoms with Gasteiger partial charge in [-0.2, -0.15) is 0 Å². The number of nitrogens with one attached hydrogen (secondary N) is 2. The van der Waals surface area contributed by atoms with E-state index in [-0.39, 0.29) is 17.7 Å². The fourth-order valence-corrected chi connectivity index (χ4v) is 3.31. The summed E-state index contributed by atoms with van der Waals surface area (Å²) in [7, 11) is 0. The van der Waals surface area contributed by atoms with Crippen LogP contribution in [0.3, 0.4) is 0 Å². The highest BCUT2D eigenvalue weighted by molar-refractivity contribution is 5.95. The van der Waals surface area contributed by atoms with Gasteiger partial charge in [0.2, 0.25) is 5.91 Å². The molecule has 0 spiro atoms. The van der Waals surface area contributed by atoms with E-state index >= 15 is 0 Å². The molecule has 7 nitrogen and oxygen atoms in total. The average Bonchev–Trinajstić information content (AvgIpc) is 3.69. The number of amides is 2. The first-order valence-electron chi connectivity index (χ1n) is 11.1. The predicted octanol–water partition coefficient (Wildman–Crippen LogP) is 4.34. The van der Waals surface area contributed by atoms with E-state index in [1.807, 2.05) is 43.3 Å². The lowest BCUT2D eigenvalue weighted by Crippen LogP contribution is -2.23. The van der Waals surface area contributed by atoms with Crippen molar-refractivity contribution in [3.05, 3.63) is 83.7 Å². The van der Waals surface area contributed by atoms with Crippen LogP contribution in [-0.4, -0.2) is 23.4 Å². The molecule has 3 aromatic rings. The van der Waals surface area contributed by atoms with Crippen LogP contribution in [0.25, 0.3) is 0 Å². The summed E-state index contributed by atoms with van der Waals surface area (Å²) < 4.78 is 11.6. The summed E-state index contributed by atoms with van der Waals surface area (Å²) >= 11 is 0. The van der Waals surface area contributed by atoms with E-state index in [0.717, 1.165) is 29.7 Å². The van der Waals surface area contributed by atoms with Crippen LogP contribution >= 0.6 is 0 Å². The van der Waals surface area contributed by atoms with E-state index in [0.29, 0.717) is 36.8 Å². The fraction of sp³-hybridized carbons (Fsp3) is 0.269. The standard InChI is InChI=1S/C26H27N3O4/c1-2-32-24-15-21(8-9-23(24)33-17-18-10-12-27-13-11-18)25(30)28-16-19-4-3-5-22(14-19)29-26(31)20-6-7-20/h3-5,8-15,20H,2,6-7,16-17H2,1H3,(H,28,30)(H,29,31). The molecule has 1 heterocycles. The Kier molecular flexibility index (Phi) is 7.19. The lowest BCUT2D eigenvalue weighted by molar-refractivity contribution is -0.117. The lowest BCUT2D eigenvalue weighted by atomic mass is 10.1. The van der Waals surface area contributed by atoms with Gasteiger partial charge in [-0.05, 0) is 73.4 Å². The molecule has 4 rings (SSSR count). The van der Waals surface area contributed by atoms with Crippen LogP contribution in [-0.2, 0) is 17.9 Å². The maximum Gasteiger partial charge on any atom is 0.251 e. The predicted molar refractivity (Wildman–Crippen MR) is 125 cm³/mol. The summed E-state index contributed by atoms with van der Waals surface area (Å²) in [5.74, 6) is 1.08. The van der Waals surface area contributed by atoms with E-state index in [1.165, 1.54) is 0 Å². The highest BCUT2D eigenvalue weighted by Gasteiger charge is 2.29. The Hall–Kier alpha value is -3.87. The number of nitrogens with zero attached hydrogens (tertiary/aromatic N) is 1. The van der Waals surface area contributed by atoms with Crippen molar-refractivity contribution >= 4 is 17.5 Å². The minimum atomic E-state index is -0.218. The summed E-state index contributed by atoms with van der Waals surface area (Å²) in [6.45, 7) is 3.06. The summed E-state index contributed by atoms with van der Waals surface area (Å²) in [5.41, 5.74) is 3.12. The van der Waals surface area contributed by atoms with E-state index in [9.17, 15) is 9.59 Å². The number of hydrogen-bond acceptors (Lipinski definition) is 5. The first kappa shape index (κ1) is 22.3. The highest BCUT2D eigenvalue weighted by atomic mass is 16.5. The molecule has 0 saturated heterocycles. The molecule has 2 N–H and O–H groups in total. The minimum Gasteiger partial charge on any atom is -0.490 e. The normalized spacial score (nSPS) is 12.6. The van der Waals surface area contributed by atoms with Crippen LogP contribution in [0.1, 0.15) is 41.3 Å². The van der Waals surface area contributed by atoms with Gasteiger partial charge >= 0.3 is 0 Å². The Morgan fingerprint density at radius 3 is 2.55 bits per heavy atom. The van der Waals surface area contributed by atoms with Crippen LogP contribution in [0.15, 0.2) is 67.0 Å². The van der Waals surface area contributed by atoms with Crippen molar-refractivity contribution in [1.82, 2.24) is 10.3 Å². The van der Waals surface area contributed by atoms with E-state index in [1.54, 1.807) is 30.6 Å². The number of anilines is 1. The largest absolute Gasteiger partial charge is 0.490 e. The van der Waals surface area contributed by atoms with Crippen LogP contribution in [0.2, 0.25) is 0 Å². The first-order valence-corrected chi connectivity index (χ1v) is 11.1. The van der Waals surface area contributed by atoms with Gasteiger partial charge in [0.15, 0.2) is 11.5 Å². The lowest BCUT2D eigenvalue weighted by Gasteiger charge is -2.14. The molecule has 1 fully saturated rings. The third-order valence-corrected chi connectivity index (χ3v) is 5.25. The molecule has 0 atom stereocenters. The molecule has 1 aliphatic rings. The maximum atomic E-state index is 12.7. The van der Waals surface area contributed by atoms with Gasteiger partial charge < -0.3 is 20.1 Å². The van der Waals surface area contributed by atoms with Crippen LogP contribution < -0.4 is 20.1 Å². The quantitative estimate of drug-likeness (QED) is 0.485. The zero-order valence-electron chi connectivity index (χ0n) is 18.5. The van der Waals surface area contributed by atoms with Crippen LogP contribution in [0.5, 0.6) is 11.5 Å². The number of carbonyl (C=O) groups is 2. The molecular weight excluding hydrogens is 418 g/mol. The van der Waals surface area contributed by atoms with Gasteiger partial charge in [0, 0.05) is 36.1 Å². The Labute approximate surface area is 193 Å². The van der Waals surface area contributed by atoms with Gasteiger partial charge in [-0.3, -0.25) is 14.6 Å². The molecule has 170 valence electrons. The van der Waals surface area contributed by atoms with Crippen molar-refractivity contribution in [3.8, 4) is 11.5 Å². The molecule has 0 bridgehead atoms. The fourth-order valence-electron chi connectivity index (χ4n) is 3.31. The third kappa shape index (κ3) is 6.32. The van der Waals surface area contributed by atoms with Crippen molar-refractivity contribution in [1.29, 1.82) is 0 Å². The Morgan fingerprint density at radius 1 is 0.970 bits per heavy atom. The molecule has 1 aliphatic carbocycles. The number of ether oxygens (including phenoxy) is 2. The smallest absolute Gasteiger partial charge is 0.251 e. The van der Waals surface area contributed by atoms with E-state index in [2.05, 4.69) is 15.6 Å². The maximum absolute atomic E-state index is 12.7. The van der Waals surface area contributed by atoms with Gasteiger partial charge in [-0.1, -0.05) is 12.1 Å². The molecule has 7 heteroatoms. The molecule has 1 saturated carbocycles. The Balaban J connectivity index is 1.37. The van der Waals surface area contributed by atoms with Gasteiger partial charge in [-0.15, -0.1) is 0 Å². The molecule has 0 aliphatic heterocycles. The Morgan fingerprint density at radius 2 is 1.79 bits per heavy atom. The average molecular weight is 446 g/mol. The van der Waals surface area contributed by atoms with Crippen molar-refractivity contribution in [2.24, 2.45) is 5.92 Å². The van der Waals surface area contributed by atoms with E-state index < -0.39 is 0 Å². The number of pyridine rings is 1. The third-order valence-electron chi connectivity index (χ3n) is 5.25. The van der Waals surface area contributed by atoms with Gasteiger partial charge in [-0.25, -0.2) is 0 Å². The van der Waals surface area contributed by atoms with Crippen LogP contribution in [0, 0.1) is 5.92 Å². The summed E-state index contributed by atoms with van der Waals surface area (Å²) in [6.07, 6.45) is 5.34. The molecule has 0 radical (unpaired) electrons. The van der Waals surface area contributed by atoms with Gasteiger partial charge in [0.25, 0.3) is 5.91 Å². The zero-order chi connectivity index (χ0) is 23.0. The number of carbonyl (C=O) groups excluding carboxylic acids is 2. The van der Waals surface area contributed by atoms with Crippen molar-refractivity contribution in [3.63, 3.8) is 0 Å². The summed E-state index contributed by atoms with van der Waals surface area (Å²) in [5, 5.41) is 5.85. The van der Waals surface area contributed by atoms with Gasteiger partial charge in [0.05, 0.1) is 6.61 Å². The number of hydrogen-bond donors (Lipinski definition) is 2. The SMILES string of the molecule is CCOc1cc(C(=O)NCc2cccc(NC(=O)C3CC3)c2)ccc1OCc1ccncc1.